The molecule has 0 heteroatoms. The van der Waals surface area contributed by atoms with Crippen molar-refractivity contribution in [1.82, 2.24) is 0 Å². The van der Waals surface area contributed by atoms with Crippen molar-refractivity contribution in [2.24, 2.45) is 17.8 Å². The quantitative estimate of drug-likeness (QED) is 0.494. The molecule has 0 aromatic carbocycles. The van der Waals surface area contributed by atoms with Crippen LogP contribution in [0.4, 0.5) is 0 Å². The van der Waals surface area contributed by atoms with Crippen LogP contribution in [0, 0.1) is 17.8 Å². The first-order chi connectivity index (χ1) is 4.29. The summed E-state index contributed by atoms with van der Waals surface area (Å²) in [5.74, 6) is 2.84. The van der Waals surface area contributed by atoms with Gasteiger partial charge in [-0.1, -0.05) is 19.1 Å². The van der Waals surface area contributed by atoms with E-state index in [9.17, 15) is 0 Å². The van der Waals surface area contributed by atoms with E-state index in [2.05, 4.69) is 13.5 Å². The molecule has 2 aliphatic rings. The van der Waals surface area contributed by atoms with Gasteiger partial charge in [0.1, 0.15) is 0 Å². The number of allylic oxidation sites excluding steroid dienone is 1. The Hall–Kier alpha value is -0.260. The van der Waals surface area contributed by atoms with Gasteiger partial charge in [0.2, 0.25) is 0 Å². The van der Waals surface area contributed by atoms with E-state index in [4.69, 9.17) is 0 Å². The van der Waals surface area contributed by atoms with Crippen LogP contribution in [0.5, 0.6) is 0 Å². The highest BCUT2D eigenvalue weighted by Gasteiger charge is 2.40. The smallest absolute Gasteiger partial charge is 0.0174 e. The van der Waals surface area contributed by atoms with E-state index in [1.54, 1.807) is 5.57 Å². The standard InChI is InChI=1S/C9H14/c1-6-5-9(6)7(2)8-3-4-8/h6,8-9H,2-5H2,1H3. The number of rotatable bonds is 2. The highest BCUT2D eigenvalue weighted by Crippen LogP contribution is 2.51. The summed E-state index contributed by atoms with van der Waals surface area (Å²) in [5.41, 5.74) is 1.57. The first-order valence-corrected chi connectivity index (χ1v) is 3.97. The zero-order valence-corrected chi connectivity index (χ0v) is 6.06. The molecule has 2 atom stereocenters. The molecule has 2 fully saturated rings. The molecule has 0 amide bonds. The fourth-order valence-corrected chi connectivity index (χ4v) is 1.60. The summed E-state index contributed by atoms with van der Waals surface area (Å²) in [7, 11) is 0. The van der Waals surface area contributed by atoms with Crippen molar-refractivity contribution in [2.75, 3.05) is 0 Å². The molecule has 9 heavy (non-hydrogen) atoms. The third kappa shape index (κ3) is 0.910. The summed E-state index contributed by atoms with van der Waals surface area (Å²) in [6.45, 7) is 6.46. The first-order valence-electron chi connectivity index (χ1n) is 3.97. The third-order valence-corrected chi connectivity index (χ3v) is 2.69. The van der Waals surface area contributed by atoms with Crippen LogP contribution in [0.25, 0.3) is 0 Å². The largest absolute Gasteiger partial charge is 0.0993 e. The molecule has 0 aliphatic heterocycles. The summed E-state index contributed by atoms with van der Waals surface area (Å²) in [6.07, 6.45) is 4.29. The lowest BCUT2D eigenvalue weighted by Crippen LogP contribution is -1.86. The molecule has 2 aliphatic carbocycles. The van der Waals surface area contributed by atoms with Gasteiger partial charge in [-0.25, -0.2) is 0 Å². The molecule has 0 bridgehead atoms. The normalized spacial score (nSPS) is 40.6. The van der Waals surface area contributed by atoms with E-state index < -0.39 is 0 Å². The van der Waals surface area contributed by atoms with E-state index in [0.717, 1.165) is 17.8 Å². The Labute approximate surface area is 57.0 Å². The van der Waals surface area contributed by atoms with Crippen LogP contribution in [-0.2, 0) is 0 Å². The zero-order valence-electron chi connectivity index (χ0n) is 6.06. The first kappa shape index (κ1) is 5.52. The van der Waals surface area contributed by atoms with Gasteiger partial charge in [-0.2, -0.15) is 0 Å². The van der Waals surface area contributed by atoms with Crippen molar-refractivity contribution >= 4 is 0 Å². The third-order valence-electron chi connectivity index (χ3n) is 2.69. The van der Waals surface area contributed by atoms with Crippen LogP contribution in [0.15, 0.2) is 12.2 Å². The summed E-state index contributed by atoms with van der Waals surface area (Å²) in [5, 5.41) is 0. The predicted octanol–water partition coefficient (Wildman–Crippen LogP) is 2.61. The van der Waals surface area contributed by atoms with Crippen molar-refractivity contribution in [3.8, 4) is 0 Å². The van der Waals surface area contributed by atoms with E-state index in [0.29, 0.717) is 0 Å². The Morgan fingerprint density at radius 2 is 2.00 bits per heavy atom. The second-order valence-corrected chi connectivity index (χ2v) is 3.67. The zero-order chi connectivity index (χ0) is 6.43. The molecule has 0 aromatic heterocycles. The molecule has 2 saturated carbocycles. The molecule has 0 saturated heterocycles. The van der Waals surface area contributed by atoms with Gasteiger partial charge in [-0.15, -0.1) is 0 Å². The predicted molar refractivity (Wildman–Crippen MR) is 39.1 cm³/mol. The Morgan fingerprint density at radius 3 is 2.33 bits per heavy atom. The topological polar surface area (TPSA) is 0 Å². The lowest BCUT2D eigenvalue weighted by molar-refractivity contribution is 0.790. The molecule has 0 nitrogen and oxygen atoms in total. The second-order valence-electron chi connectivity index (χ2n) is 3.67. The van der Waals surface area contributed by atoms with Crippen molar-refractivity contribution < 1.29 is 0 Å². The van der Waals surface area contributed by atoms with E-state index in [-0.39, 0.29) is 0 Å². The lowest BCUT2D eigenvalue weighted by atomic mass is 10.1. The molecule has 50 valence electrons. The summed E-state index contributed by atoms with van der Waals surface area (Å²) < 4.78 is 0. The minimum absolute atomic E-state index is 0.928. The summed E-state index contributed by atoms with van der Waals surface area (Å²) in [6, 6.07) is 0. The van der Waals surface area contributed by atoms with Crippen LogP contribution in [-0.4, -0.2) is 0 Å². The number of hydrogen-bond acceptors (Lipinski definition) is 0. The highest BCUT2D eigenvalue weighted by molar-refractivity contribution is 5.18. The maximum absolute atomic E-state index is 4.13. The Balaban J connectivity index is 1.91. The lowest BCUT2D eigenvalue weighted by Gasteiger charge is -1.97. The molecule has 2 unspecified atom stereocenters. The summed E-state index contributed by atoms with van der Waals surface area (Å²) in [4.78, 5) is 0. The van der Waals surface area contributed by atoms with Gasteiger partial charge in [0, 0.05) is 0 Å². The van der Waals surface area contributed by atoms with Crippen LogP contribution >= 0.6 is 0 Å². The maximum atomic E-state index is 4.13. The minimum atomic E-state index is 0.928. The summed E-state index contributed by atoms with van der Waals surface area (Å²) >= 11 is 0. The maximum Gasteiger partial charge on any atom is -0.0174 e. The monoisotopic (exact) mass is 122 g/mol. The van der Waals surface area contributed by atoms with E-state index in [1.165, 1.54) is 19.3 Å². The van der Waals surface area contributed by atoms with Crippen LogP contribution < -0.4 is 0 Å². The second kappa shape index (κ2) is 1.62. The molecule has 0 heterocycles. The SMILES string of the molecule is C=C(C1CC1)C1CC1C. The van der Waals surface area contributed by atoms with Crippen LogP contribution in [0.1, 0.15) is 26.2 Å². The minimum Gasteiger partial charge on any atom is -0.0993 e. The van der Waals surface area contributed by atoms with Crippen molar-refractivity contribution in [1.29, 1.82) is 0 Å². The molecule has 0 spiro atoms. The van der Waals surface area contributed by atoms with E-state index >= 15 is 0 Å². The van der Waals surface area contributed by atoms with Gasteiger partial charge < -0.3 is 0 Å². The fourth-order valence-electron chi connectivity index (χ4n) is 1.60. The molecule has 0 aromatic rings. The Morgan fingerprint density at radius 1 is 1.44 bits per heavy atom. The van der Waals surface area contributed by atoms with Gasteiger partial charge in [0.15, 0.2) is 0 Å². The molecule has 2 rings (SSSR count). The number of hydrogen-bond donors (Lipinski definition) is 0. The van der Waals surface area contributed by atoms with Crippen molar-refractivity contribution in [3.63, 3.8) is 0 Å². The van der Waals surface area contributed by atoms with Gasteiger partial charge >= 0.3 is 0 Å². The fraction of sp³-hybridized carbons (Fsp3) is 0.778. The molecular formula is C9H14. The molecule has 0 radical (unpaired) electrons. The van der Waals surface area contributed by atoms with Crippen LogP contribution in [0.3, 0.4) is 0 Å². The van der Waals surface area contributed by atoms with Crippen LogP contribution in [0.2, 0.25) is 0 Å². The van der Waals surface area contributed by atoms with Crippen molar-refractivity contribution in [2.45, 2.75) is 26.2 Å². The van der Waals surface area contributed by atoms with Gasteiger partial charge in [0.25, 0.3) is 0 Å². The van der Waals surface area contributed by atoms with E-state index in [1.807, 2.05) is 0 Å². The molecule has 0 N–H and O–H groups in total. The van der Waals surface area contributed by atoms with Gasteiger partial charge in [0.05, 0.1) is 0 Å². The Bertz CT molecular complexity index is 142. The van der Waals surface area contributed by atoms with Gasteiger partial charge in [-0.3, -0.25) is 0 Å². The molecular weight excluding hydrogens is 108 g/mol. The Kier molecular flexibility index (Phi) is 0.992. The highest BCUT2D eigenvalue weighted by atomic mass is 14.4. The van der Waals surface area contributed by atoms with Crippen molar-refractivity contribution in [3.05, 3.63) is 12.2 Å². The average Bonchev–Trinajstić information content (AvgIpc) is 2.53. The van der Waals surface area contributed by atoms with Gasteiger partial charge in [-0.05, 0) is 37.0 Å². The average molecular weight is 122 g/mol.